The van der Waals surface area contributed by atoms with Crippen LogP contribution < -0.4 is 19.6 Å². The molecule has 0 aliphatic carbocycles. The first kappa shape index (κ1) is 23.5. The van der Waals surface area contributed by atoms with Gasteiger partial charge in [-0.15, -0.1) is 0 Å². The summed E-state index contributed by atoms with van der Waals surface area (Å²) in [6, 6.07) is 15.5. The summed E-state index contributed by atoms with van der Waals surface area (Å²) in [7, 11) is 1.42. The Morgan fingerprint density at radius 1 is 1.00 bits per heavy atom. The van der Waals surface area contributed by atoms with Crippen LogP contribution in [0, 0.1) is 19.7 Å². The smallest absolute Gasteiger partial charge is 0.343 e. The summed E-state index contributed by atoms with van der Waals surface area (Å²) in [4.78, 5) is 24.2. The maximum Gasteiger partial charge on any atom is 0.343 e. The van der Waals surface area contributed by atoms with E-state index in [9.17, 15) is 14.0 Å². The van der Waals surface area contributed by atoms with Crippen molar-refractivity contribution in [2.75, 3.05) is 13.7 Å². The number of nitrogens with one attached hydrogen (secondary N) is 1. The van der Waals surface area contributed by atoms with Crippen LogP contribution in [0.4, 0.5) is 4.39 Å². The second-order valence-electron chi connectivity index (χ2n) is 7.14. The topological polar surface area (TPSA) is 86.2 Å². The van der Waals surface area contributed by atoms with Crippen LogP contribution in [-0.4, -0.2) is 31.8 Å². The second kappa shape index (κ2) is 10.9. The molecule has 0 bridgehead atoms. The minimum absolute atomic E-state index is 0.0772. The first-order valence-electron chi connectivity index (χ1n) is 10.0. The number of hydrogen-bond acceptors (Lipinski definition) is 6. The van der Waals surface area contributed by atoms with E-state index in [2.05, 4.69) is 10.5 Å². The van der Waals surface area contributed by atoms with Gasteiger partial charge >= 0.3 is 5.97 Å². The monoisotopic (exact) mass is 450 g/mol. The first-order valence-corrected chi connectivity index (χ1v) is 10.0. The number of ether oxygens (including phenoxy) is 3. The molecule has 3 aromatic rings. The number of nitrogens with zero attached hydrogens (tertiary/aromatic N) is 1. The van der Waals surface area contributed by atoms with Crippen molar-refractivity contribution in [3.63, 3.8) is 0 Å². The highest BCUT2D eigenvalue weighted by molar-refractivity contribution is 5.91. The molecule has 170 valence electrons. The molecule has 0 heterocycles. The Balaban J connectivity index is 1.56. The Hall–Kier alpha value is -4.20. The van der Waals surface area contributed by atoms with Crippen LogP contribution in [0.25, 0.3) is 0 Å². The molecule has 7 nitrogen and oxygen atoms in total. The molecule has 1 amide bonds. The van der Waals surface area contributed by atoms with Crippen molar-refractivity contribution in [2.24, 2.45) is 5.10 Å². The molecule has 0 aliphatic rings. The van der Waals surface area contributed by atoms with E-state index in [1.54, 1.807) is 18.2 Å². The lowest BCUT2D eigenvalue weighted by Crippen LogP contribution is -2.24. The molecule has 0 unspecified atom stereocenters. The predicted octanol–water partition coefficient (Wildman–Crippen LogP) is 4.20. The van der Waals surface area contributed by atoms with Gasteiger partial charge in [0.1, 0.15) is 11.6 Å². The predicted molar refractivity (Wildman–Crippen MR) is 122 cm³/mol. The van der Waals surface area contributed by atoms with Crippen LogP contribution in [0.3, 0.4) is 0 Å². The number of rotatable bonds is 8. The molecule has 0 saturated carbocycles. The lowest BCUT2D eigenvalue weighted by atomic mass is 10.1. The van der Waals surface area contributed by atoms with Crippen molar-refractivity contribution in [3.05, 3.63) is 88.7 Å². The van der Waals surface area contributed by atoms with Gasteiger partial charge in [0.15, 0.2) is 18.1 Å². The normalized spacial score (nSPS) is 10.7. The van der Waals surface area contributed by atoms with Crippen molar-refractivity contribution in [3.8, 4) is 17.2 Å². The molecule has 0 fully saturated rings. The minimum Gasteiger partial charge on any atom is -0.493 e. The first-order chi connectivity index (χ1) is 15.9. The van der Waals surface area contributed by atoms with Gasteiger partial charge in [-0.3, -0.25) is 4.79 Å². The third-order valence-corrected chi connectivity index (χ3v) is 4.70. The zero-order valence-corrected chi connectivity index (χ0v) is 18.4. The number of hydrogen-bond donors (Lipinski definition) is 1. The molecule has 0 atom stereocenters. The van der Waals surface area contributed by atoms with Crippen LogP contribution in [0.15, 0.2) is 65.8 Å². The van der Waals surface area contributed by atoms with E-state index in [0.717, 1.165) is 17.2 Å². The average Bonchev–Trinajstić information content (AvgIpc) is 2.80. The number of benzene rings is 3. The lowest BCUT2D eigenvalue weighted by Gasteiger charge is -2.10. The lowest BCUT2D eigenvalue weighted by molar-refractivity contribution is -0.123. The Bertz CT molecular complexity index is 1190. The summed E-state index contributed by atoms with van der Waals surface area (Å²) >= 11 is 0. The van der Waals surface area contributed by atoms with Gasteiger partial charge in [0.2, 0.25) is 0 Å². The van der Waals surface area contributed by atoms with Crippen LogP contribution >= 0.6 is 0 Å². The summed E-state index contributed by atoms with van der Waals surface area (Å²) in [5.74, 6) is -0.639. The Morgan fingerprint density at radius 3 is 2.55 bits per heavy atom. The van der Waals surface area contributed by atoms with Gasteiger partial charge in [-0.05, 0) is 79.1 Å². The number of amides is 1. The van der Waals surface area contributed by atoms with Gasteiger partial charge in [-0.2, -0.15) is 5.10 Å². The molecule has 0 radical (unpaired) electrons. The zero-order chi connectivity index (χ0) is 23.8. The maximum absolute atomic E-state index is 13.3. The number of methoxy groups -OCH3 is 1. The fraction of sp³-hybridized carbons (Fsp3) is 0.160. The summed E-state index contributed by atoms with van der Waals surface area (Å²) in [6.45, 7) is 3.78. The SMILES string of the molecule is COc1cc(/C=N\NC(=O)COc2ccc(C)c(C)c2)ccc1OC(=O)c1cccc(F)c1. The molecule has 1 N–H and O–H groups in total. The molecule has 0 aliphatic heterocycles. The molecule has 3 rings (SSSR count). The molecule has 0 saturated heterocycles. The third-order valence-electron chi connectivity index (χ3n) is 4.70. The molecule has 3 aromatic carbocycles. The van der Waals surface area contributed by atoms with Gasteiger partial charge in [-0.1, -0.05) is 12.1 Å². The van der Waals surface area contributed by atoms with E-state index in [0.29, 0.717) is 11.3 Å². The van der Waals surface area contributed by atoms with E-state index in [-0.39, 0.29) is 23.7 Å². The van der Waals surface area contributed by atoms with Crippen LogP contribution in [0.5, 0.6) is 17.2 Å². The van der Waals surface area contributed by atoms with Gasteiger partial charge in [-0.25, -0.2) is 14.6 Å². The molecule has 0 spiro atoms. The second-order valence-corrected chi connectivity index (χ2v) is 7.14. The number of esters is 1. The number of carbonyl (C=O) groups excluding carboxylic acids is 2. The fourth-order valence-electron chi connectivity index (χ4n) is 2.79. The number of halogens is 1. The number of aryl methyl sites for hydroxylation is 2. The van der Waals surface area contributed by atoms with Gasteiger partial charge in [0, 0.05) is 0 Å². The molecular formula is C25H23FN2O5. The number of carbonyl (C=O) groups is 2. The van der Waals surface area contributed by atoms with E-state index in [1.807, 2.05) is 26.0 Å². The third kappa shape index (κ3) is 6.64. The Kier molecular flexibility index (Phi) is 7.75. The van der Waals surface area contributed by atoms with Crippen molar-refractivity contribution < 1.29 is 28.2 Å². The minimum atomic E-state index is -0.717. The molecule has 8 heteroatoms. The highest BCUT2D eigenvalue weighted by Gasteiger charge is 2.13. The van der Waals surface area contributed by atoms with Gasteiger partial charge in [0.25, 0.3) is 5.91 Å². The summed E-state index contributed by atoms with van der Waals surface area (Å²) in [5.41, 5.74) is 5.26. The van der Waals surface area contributed by atoms with Crippen LogP contribution in [0.2, 0.25) is 0 Å². The van der Waals surface area contributed by atoms with Gasteiger partial charge in [0.05, 0.1) is 18.9 Å². The van der Waals surface area contributed by atoms with E-state index in [1.165, 1.54) is 37.6 Å². The van der Waals surface area contributed by atoms with Crippen molar-refractivity contribution in [1.82, 2.24) is 5.43 Å². The average molecular weight is 450 g/mol. The Morgan fingerprint density at radius 2 is 1.82 bits per heavy atom. The van der Waals surface area contributed by atoms with Crippen LogP contribution in [0.1, 0.15) is 27.0 Å². The van der Waals surface area contributed by atoms with E-state index >= 15 is 0 Å². The van der Waals surface area contributed by atoms with Crippen molar-refractivity contribution in [2.45, 2.75) is 13.8 Å². The van der Waals surface area contributed by atoms with Gasteiger partial charge < -0.3 is 14.2 Å². The quantitative estimate of drug-likeness (QED) is 0.241. The molecular weight excluding hydrogens is 427 g/mol. The van der Waals surface area contributed by atoms with Crippen molar-refractivity contribution in [1.29, 1.82) is 0 Å². The zero-order valence-electron chi connectivity index (χ0n) is 18.4. The van der Waals surface area contributed by atoms with Crippen LogP contribution in [-0.2, 0) is 4.79 Å². The molecule has 0 aromatic heterocycles. The summed E-state index contributed by atoms with van der Waals surface area (Å²) < 4.78 is 29.3. The van der Waals surface area contributed by atoms with E-state index in [4.69, 9.17) is 14.2 Å². The van der Waals surface area contributed by atoms with E-state index < -0.39 is 17.7 Å². The fourth-order valence-corrected chi connectivity index (χ4v) is 2.79. The largest absolute Gasteiger partial charge is 0.493 e. The number of hydrazone groups is 1. The highest BCUT2D eigenvalue weighted by atomic mass is 19.1. The standard InChI is InChI=1S/C25H23FN2O5/c1-16-7-9-21(11-17(16)2)32-15-24(29)28-27-14-18-8-10-22(23(12-18)31-3)33-25(30)19-5-4-6-20(26)13-19/h4-14H,15H2,1-3H3,(H,28,29)/b27-14-. The summed E-state index contributed by atoms with van der Waals surface area (Å²) in [6.07, 6.45) is 1.41. The maximum atomic E-state index is 13.3. The molecule has 33 heavy (non-hydrogen) atoms. The Labute approximate surface area is 190 Å². The summed E-state index contributed by atoms with van der Waals surface area (Å²) in [5, 5.41) is 3.90. The highest BCUT2D eigenvalue weighted by Crippen LogP contribution is 2.28. The van der Waals surface area contributed by atoms with Crippen molar-refractivity contribution >= 4 is 18.1 Å².